The molecular formula is C20H29N3O3S. The average Bonchev–Trinajstić information content (AvgIpc) is 2.61. The second-order valence-electron chi connectivity index (χ2n) is 7.72. The van der Waals surface area contributed by atoms with Gasteiger partial charge in [0.05, 0.1) is 18.1 Å². The number of benzene rings is 1. The summed E-state index contributed by atoms with van der Waals surface area (Å²) in [6, 6.07) is 5.78. The quantitative estimate of drug-likeness (QED) is 0.806. The van der Waals surface area contributed by atoms with Gasteiger partial charge in [-0.25, -0.2) is 4.72 Å². The van der Waals surface area contributed by atoms with Crippen LogP contribution >= 0.6 is 0 Å². The highest BCUT2D eigenvalue weighted by molar-refractivity contribution is 7.87. The van der Waals surface area contributed by atoms with E-state index >= 15 is 0 Å². The second-order valence-corrected chi connectivity index (χ2v) is 9.39. The van der Waals surface area contributed by atoms with Crippen LogP contribution in [-0.2, 0) is 21.4 Å². The van der Waals surface area contributed by atoms with Crippen LogP contribution in [0.15, 0.2) is 12.1 Å². The first-order chi connectivity index (χ1) is 12.7. The van der Waals surface area contributed by atoms with E-state index in [2.05, 4.69) is 10.8 Å². The predicted molar refractivity (Wildman–Crippen MR) is 106 cm³/mol. The molecule has 1 aliphatic rings. The van der Waals surface area contributed by atoms with Crippen LogP contribution in [0.1, 0.15) is 81.0 Å². The van der Waals surface area contributed by atoms with Crippen molar-refractivity contribution < 1.29 is 13.2 Å². The van der Waals surface area contributed by atoms with Crippen LogP contribution in [0.25, 0.3) is 0 Å². The highest BCUT2D eigenvalue weighted by Crippen LogP contribution is 2.30. The van der Waals surface area contributed by atoms with Crippen LogP contribution in [0.4, 0.5) is 0 Å². The van der Waals surface area contributed by atoms with Gasteiger partial charge in [0.15, 0.2) is 0 Å². The molecule has 6 nitrogen and oxygen atoms in total. The van der Waals surface area contributed by atoms with Crippen LogP contribution in [0.5, 0.6) is 0 Å². The Bertz CT molecular complexity index is 804. The van der Waals surface area contributed by atoms with Crippen molar-refractivity contribution in [2.75, 3.05) is 13.1 Å². The summed E-state index contributed by atoms with van der Waals surface area (Å²) in [7, 11) is -3.80. The summed E-state index contributed by atoms with van der Waals surface area (Å²) >= 11 is 0. The number of nitrogens with one attached hydrogen (secondary N) is 1. The number of carbonyl (C=O) groups excluding carboxylic acids is 1. The van der Waals surface area contributed by atoms with Crippen LogP contribution in [0, 0.1) is 11.3 Å². The Kier molecular flexibility index (Phi) is 7.01. The Morgan fingerprint density at radius 2 is 1.63 bits per heavy atom. The van der Waals surface area contributed by atoms with E-state index in [-0.39, 0.29) is 18.3 Å². The monoisotopic (exact) mass is 391 g/mol. The number of nitriles is 1. The summed E-state index contributed by atoms with van der Waals surface area (Å²) in [5.41, 5.74) is 3.23. The summed E-state index contributed by atoms with van der Waals surface area (Å²) in [5, 5.41) is 9.31. The Hall–Kier alpha value is -1.91. The van der Waals surface area contributed by atoms with Gasteiger partial charge in [0, 0.05) is 13.1 Å². The number of carbonyl (C=O) groups is 1. The van der Waals surface area contributed by atoms with Gasteiger partial charge in [0.1, 0.15) is 0 Å². The van der Waals surface area contributed by atoms with Crippen molar-refractivity contribution in [3.8, 4) is 6.07 Å². The first kappa shape index (κ1) is 21.4. The lowest BCUT2D eigenvalue weighted by atomic mass is 9.85. The number of amides is 1. The molecule has 2 rings (SSSR count). The molecule has 0 saturated carbocycles. The highest BCUT2D eigenvalue weighted by atomic mass is 32.2. The summed E-state index contributed by atoms with van der Waals surface area (Å²) in [5.74, 6) is -0.288. The largest absolute Gasteiger partial charge is 0.303 e. The van der Waals surface area contributed by atoms with Crippen molar-refractivity contribution in [1.82, 2.24) is 9.03 Å². The minimum atomic E-state index is -3.80. The number of piperidine rings is 1. The number of rotatable bonds is 6. The van der Waals surface area contributed by atoms with Gasteiger partial charge < -0.3 is 0 Å². The molecule has 0 radical (unpaired) electrons. The summed E-state index contributed by atoms with van der Waals surface area (Å²) in [4.78, 5) is 12.6. The molecule has 0 unspecified atom stereocenters. The molecule has 1 amide bonds. The fraction of sp³-hybridized carbons (Fsp3) is 0.600. The van der Waals surface area contributed by atoms with Crippen molar-refractivity contribution in [3.05, 3.63) is 34.4 Å². The lowest BCUT2D eigenvalue weighted by molar-refractivity contribution is -0.118. The fourth-order valence-electron chi connectivity index (χ4n) is 3.53. The Morgan fingerprint density at radius 3 is 2.07 bits per heavy atom. The third kappa shape index (κ3) is 5.30. The zero-order valence-corrected chi connectivity index (χ0v) is 17.4. The van der Waals surface area contributed by atoms with Crippen molar-refractivity contribution in [1.29, 1.82) is 5.26 Å². The van der Waals surface area contributed by atoms with Gasteiger partial charge in [-0.05, 0) is 53.5 Å². The van der Waals surface area contributed by atoms with Crippen molar-refractivity contribution in [2.24, 2.45) is 0 Å². The molecule has 7 heteroatoms. The van der Waals surface area contributed by atoms with Crippen LogP contribution in [-0.4, -0.2) is 31.7 Å². The zero-order chi connectivity index (χ0) is 20.2. The molecule has 0 aromatic heterocycles. The van der Waals surface area contributed by atoms with E-state index in [9.17, 15) is 18.5 Å². The SMILES string of the molecule is CC(C)c1cc(C#N)cc(C(C)C)c1CC(=O)NS(=O)(=O)N1CCCCC1. The van der Waals surface area contributed by atoms with Gasteiger partial charge in [0.2, 0.25) is 5.91 Å². The van der Waals surface area contributed by atoms with E-state index in [1.165, 1.54) is 4.31 Å². The minimum Gasteiger partial charge on any atom is -0.274 e. The first-order valence-corrected chi connectivity index (χ1v) is 11.0. The third-order valence-corrected chi connectivity index (χ3v) is 6.46. The predicted octanol–water partition coefficient (Wildman–Crippen LogP) is 3.19. The van der Waals surface area contributed by atoms with Gasteiger partial charge in [-0.2, -0.15) is 18.0 Å². The van der Waals surface area contributed by atoms with E-state index in [1.807, 2.05) is 27.7 Å². The molecule has 1 aliphatic heterocycles. The maximum Gasteiger partial charge on any atom is 0.303 e. The molecule has 1 aromatic rings. The van der Waals surface area contributed by atoms with Gasteiger partial charge in [-0.1, -0.05) is 34.1 Å². The zero-order valence-electron chi connectivity index (χ0n) is 16.6. The lowest BCUT2D eigenvalue weighted by Gasteiger charge is -2.26. The normalized spacial score (nSPS) is 15.7. The van der Waals surface area contributed by atoms with Crippen molar-refractivity contribution in [2.45, 2.75) is 65.2 Å². The van der Waals surface area contributed by atoms with Crippen molar-refractivity contribution >= 4 is 16.1 Å². The number of hydrogen-bond donors (Lipinski definition) is 1. The molecule has 0 atom stereocenters. The molecule has 0 aliphatic carbocycles. The van der Waals surface area contributed by atoms with E-state index in [4.69, 9.17) is 0 Å². The van der Waals surface area contributed by atoms with E-state index < -0.39 is 16.1 Å². The number of nitrogens with zero attached hydrogens (tertiary/aromatic N) is 2. The molecular weight excluding hydrogens is 362 g/mol. The van der Waals surface area contributed by atoms with E-state index in [1.54, 1.807) is 12.1 Å². The molecule has 1 aromatic carbocycles. The summed E-state index contributed by atoms with van der Waals surface area (Å²) in [6.45, 7) is 8.93. The van der Waals surface area contributed by atoms with E-state index in [0.717, 1.165) is 36.0 Å². The maximum absolute atomic E-state index is 12.6. The molecule has 0 spiro atoms. The highest BCUT2D eigenvalue weighted by Gasteiger charge is 2.27. The smallest absolute Gasteiger partial charge is 0.274 e. The maximum atomic E-state index is 12.6. The topological polar surface area (TPSA) is 90.3 Å². The van der Waals surface area contributed by atoms with Gasteiger partial charge in [-0.3, -0.25) is 4.79 Å². The third-order valence-electron chi connectivity index (χ3n) is 4.93. The molecule has 1 N–H and O–H groups in total. The number of hydrogen-bond acceptors (Lipinski definition) is 4. The average molecular weight is 392 g/mol. The van der Waals surface area contributed by atoms with Crippen molar-refractivity contribution in [3.63, 3.8) is 0 Å². The van der Waals surface area contributed by atoms with Crippen LogP contribution < -0.4 is 4.72 Å². The minimum absolute atomic E-state index is 0.0141. The van der Waals surface area contributed by atoms with Crippen LogP contribution in [0.2, 0.25) is 0 Å². The van der Waals surface area contributed by atoms with Crippen LogP contribution in [0.3, 0.4) is 0 Å². The lowest BCUT2D eigenvalue weighted by Crippen LogP contribution is -2.46. The van der Waals surface area contributed by atoms with Gasteiger partial charge in [0.25, 0.3) is 0 Å². The Morgan fingerprint density at radius 1 is 1.11 bits per heavy atom. The summed E-state index contributed by atoms with van der Waals surface area (Å²) < 4.78 is 28.5. The molecule has 148 valence electrons. The van der Waals surface area contributed by atoms with Gasteiger partial charge >= 0.3 is 10.2 Å². The van der Waals surface area contributed by atoms with Gasteiger partial charge in [-0.15, -0.1) is 0 Å². The Balaban J connectivity index is 2.30. The first-order valence-electron chi connectivity index (χ1n) is 9.53. The van der Waals surface area contributed by atoms with E-state index in [0.29, 0.717) is 18.7 Å². The molecule has 1 heterocycles. The summed E-state index contributed by atoms with van der Waals surface area (Å²) in [6.07, 6.45) is 2.64. The molecule has 27 heavy (non-hydrogen) atoms. The molecule has 0 bridgehead atoms. The molecule has 1 saturated heterocycles. The molecule has 1 fully saturated rings. The second kappa shape index (κ2) is 8.85. The standard InChI is InChI=1S/C20H29N3O3S/c1-14(2)17-10-16(13-21)11-18(15(3)4)19(17)12-20(24)22-27(25,26)23-8-6-5-7-9-23/h10-11,14-15H,5-9,12H2,1-4H3,(H,22,24). The fourth-order valence-corrected chi connectivity index (χ4v) is 4.75. The Labute approximate surface area is 162 Å².